The van der Waals surface area contributed by atoms with Gasteiger partial charge in [-0.3, -0.25) is 14.0 Å². The van der Waals surface area contributed by atoms with E-state index in [2.05, 4.69) is 5.32 Å². The molecule has 2 atom stereocenters. The zero-order valence-electron chi connectivity index (χ0n) is 17.1. The molecule has 0 radical (unpaired) electrons. The fourth-order valence-corrected chi connectivity index (χ4v) is 3.57. The molecule has 0 aliphatic carbocycles. The van der Waals surface area contributed by atoms with Gasteiger partial charge in [0.05, 0.1) is 17.8 Å². The lowest BCUT2D eigenvalue weighted by molar-refractivity contribution is -0.116. The average Bonchev–Trinajstić information content (AvgIpc) is 2.67. The van der Waals surface area contributed by atoms with Crippen LogP contribution in [-0.4, -0.2) is 47.1 Å². The Hall–Kier alpha value is -3.18. The number of ether oxygens (including phenoxy) is 1. The van der Waals surface area contributed by atoms with Gasteiger partial charge < -0.3 is 15.0 Å². The number of anilines is 1. The van der Waals surface area contributed by atoms with Crippen molar-refractivity contribution in [2.45, 2.75) is 39.9 Å². The largest absolute Gasteiger partial charge is 0.372 e. The van der Waals surface area contributed by atoms with E-state index in [0.717, 1.165) is 5.56 Å². The van der Waals surface area contributed by atoms with Crippen LogP contribution in [0.1, 0.15) is 31.9 Å². The van der Waals surface area contributed by atoms with Crippen LogP contribution in [0.5, 0.6) is 0 Å². The third-order valence-electron chi connectivity index (χ3n) is 4.77. The zero-order valence-corrected chi connectivity index (χ0v) is 17.1. The van der Waals surface area contributed by atoms with Gasteiger partial charge in [-0.1, -0.05) is 6.07 Å². The lowest BCUT2D eigenvalue weighted by atomic mass is 10.1. The number of likely N-dealkylation sites (N-methyl/N-ethyl adjacent to an activating group) is 1. The maximum atomic E-state index is 13.3. The van der Waals surface area contributed by atoms with E-state index in [0.29, 0.717) is 31.1 Å². The minimum absolute atomic E-state index is 0.0356. The fourth-order valence-electron chi connectivity index (χ4n) is 3.57. The van der Waals surface area contributed by atoms with Gasteiger partial charge >= 0.3 is 0 Å². The predicted molar refractivity (Wildman–Crippen MR) is 111 cm³/mol. The molecule has 0 bridgehead atoms. The van der Waals surface area contributed by atoms with E-state index in [1.165, 1.54) is 10.5 Å². The predicted octanol–water partition coefficient (Wildman–Crippen LogP) is 1.66. The highest BCUT2D eigenvalue weighted by Crippen LogP contribution is 2.24. The van der Waals surface area contributed by atoms with Crippen molar-refractivity contribution in [1.29, 1.82) is 5.26 Å². The lowest BCUT2D eigenvalue weighted by Gasteiger charge is -2.36. The van der Waals surface area contributed by atoms with E-state index in [-0.39, 0.29) is 28.9 Å². The van der Waals surface area contributed by atoms with Crippen LogP contribution in [0.15, 0.2) is 28.7 Å². The Bertz CT molecular complexity index is 1060. The molecule has 1 saturated heterocycles. The Morgan fingerprint density at radius 3 is 2.72 bits per heavy atom. The second kappa shape index (κ2) is 8.45. The third kappa shape index (κ3) is 4.15. The number of hydrogen-bond donors (Lipinski definition) is 1. The lowest BCUT2D eigenvalue weighted by Crippen LogP contribution is -2.46. The number of nitrogens with one attached hydrogen (secondary N) is 1. The molecule has 1 fully saturated rings. The van der Waals surface area contributed by atoms with Crippen LogP contribution in [0, 0.1) is 18.3 Å². The highest BCUT2D eigenvalue weighted by Gasteiger charge is 2.27. The maximum absolute atomic E-state index is 13.3. The van der Waals surface area contributed by atoms with Crippen molar-refractivity contribution in [1.82, 2.24) is 14.7 Å². The first-order chi connectivity index (χ1) is 13.8. The molecule has 1 N–H and O–H groups in total. The molecule has 8 heteroatoms. The summed E-state index contributed by atoms with van der Waals surface area (Å²) in [5.41, 5.74) is 1.18. The molecule has 2 aromatic heterocycles. The number of nitriles is 1. The summed E-state index contributed by atoms with van der Waals surface area (Å²) in [6, 6.07) is 5.56. The number of fused-ring (bicyclic) bond motifs is 1. The van der Waals surface area contributed by atoms with Crippen molar-refractivity contribution in [3.05, 3.63) is 45.4 Å². The van der Waals surface area contributed by atoms with Gasteiger partial charge in [0.1, 0.15) is 23.1 Å². The van der Waals surface area contributed by atoms with Crippen LogP contribution < -0.4 is 15.8 Å². The number of carbonyl (C=O) groups is 1. The normalized spacial score (nSPS) is 19.8. The molecular formula is C21H25N5O3. The van der Waals surface area contributed by atoms with Crippen LogP contribution in [-0.2, 0) is 9.53 Å². The van der Waals surface area contributed by atoms with Crippen molar-refractivity contribution in [2.24, 2.45) is 0 Å². The summed E-state index contributed by atoms with van der Waals surface area (Å²) >= 11 is 0. The summed E-state index contributed by atoms with van der Waals surface area (Å²) in [5.74, 6) is -0.0539. The average molecular weight is 395 g/mol. The molecule has 3 heterocycles. The van der Waals surface area contributed by atoms with Crippen LogP contribution in [0.2, 0.25) is 0 Å². The molecule has 0 spiro atoms. The SMILES string of the molecule is CCNC(=O)/C(C#N)=C/c1c(N2CC(C)OC(C)C2)nc2c(C)cccn2c1=O. The summed E-state index contributed by atoms with van der Waals surface area (Å²) in [5, 5.41) is 12.1. The van der Waals surface area contributed by atoms with Gasteiger partial charge in [-0.2, -0.15) is 5.26 Å². The number of rotatable bonds is 4. The summed E-state index contributed by atoms with van der Waals surface area (Å²) in [4.78, 5) is 32.3. The minimum Gasteiger partial charge on any atom is -0.372 e. The van der Waals surface area contributed by atoms with E-state index in [4.69, 9.17) is 9.72 Å². The molecule has 0 saturated carbocycles. The summed E-state index contributed by atoms with van der Waals surface area (Å²) < 4.78 is 7.26. The second-order valence-corrected chi connectivity index (χ2v) is 7.23. The van der Waals surface area contributed by atoms with Gasteiger partial charge in [-0.25, -0.2) is 4.98 Å². The maximum Gasteiger partial charge on any atom is 0.267 e. The Labute approximate surface area is 169 Å². The smallest absolute Gasteiger partial charge is 0.267 e. The molecule has 1 amide bonds. The minimum atomic E-state index is -0.515. The van der Waals surface area contributed by atoms with Crippen molar-refractivity contribution in [3.63, 3.8) is 0 Å². The molecule has 8 nitrogen and oxygen atoms in total. The van der Waals surface area contributed by atoms with Gasteiger partial charge in [0.15, 0.2) is 0 Å². The Morgan fingerprint density at radius 1 is 1.41 bits per heavy atom. The van der Waals surface area contributed by atoms with Gasteiger partial charge in [0.25, 0.3) is 11.5 Å². The van der Waals surface area contributed by atoms with E-state index >= 15 is 0 Å². The molecule has 1 aliphatic rings. The molecule has 2 unspecified atom stereocenters. The molecular weight excluding hydrogens is 370 g/mol. The Balaban J connectivity index is 2.26. The first kappa shape index (κ1) is 20.6. The van der Waals surface area contributed by atoms with E-state index < -0.39 is 5.91 Å². The number of aromatic nitrogens is 2. The quantitative estimate of drug-likeness (QED) is 0.624. The molecule has 1 aliphatic heterocycles. The number of pyridine rings is 1. The molecule has 152 valence electrons. The van der Waals surface area contributed by atoms with Gasteiger partial charge in [-0.05, 0) is 45.4 Å². The number of hydrogen-bond acceptors (Lipinski definition) is 6. The summed E-state index contributed by atoms with van der Waals surface area (Å²) in [6.45, 7) is 9.09. The fraction of sp³-hybridized carbons (Fsp3) is 0.429. The topological polar surface area (TPSA) is 99.7 Å². The first-order valence-corrected chi connectivity index (χ1v) is 9.68. The van der Waals surface area contributed by atoms with E-state index in [1.807, 2.05) is 37.8 Å². The molecule has 2 aromatic rings. The number of nitrogens with zero attached hydrogens (tertiary/aromatic N) is 4. The number of morpholine rings is 1. The first-order valence-electron chi connectivity index (χ1n) is 9.68. The third-order valence-corrected chi connectivity index (χ3v) is 4.77. The standard InChI is InChI=1S/C21H25N5O3/c1-5-23-20(27)16(10-22)9-17-19(25-11-14(3)29-15(4)12-25)24-18-13(2)7-6-8-26(18)21(17)28/h6-9,14-15H,5,11-12H2,1-4H3,(H,23,27)/b16-9+. The molecule has 0 aromatic carbocycles. The van der Waals surface area contributed by atoms with Gasteiger partial charge in [0.2, 0.25) is 0 Å². The number of aryl methyl sites for hydroxylation is 1. The van der Waals surface area contributed by atoms with Crippen LogP contribution in [0.25, 0.3) is 11.7 Å². The van der Waals surface area contributed by atoms with Gasteiger partial charge in [0, 0.05) is 25.8 Å². The zero-order chi connectivity index (χ0) is 21.1. The number of carbonyl (C=O) groups excluding carboxylic acids is 1. The highest BCUT2D eigenvalue weighted by molar-refractivity contribution is 6.02. The molecule has 3 rings (SSSR count). The number of amides is 1. The monoisotopic (exact) mass is 395 g/mol. The Morgan fingerprint density at radius 2 is 2.10 bits per heavy atom. The van der Waals surface area contributed by atoms with Crippen molar-refractivity contribution in [2.75, 3.05) is 24.5 Å². The summed E-state index contributed by atoms with van der Waals surface area (Å²) in [6.07, 6.45) is 2.91. The molecule has 29 heavy (non-hydrogen) atoms. The van der Waals surface area contributed by atoms with Crippen LogP contribution >= 0.6 is 0 Å². The van der Waals surface area contributed by atoms with E-state index in [9.17, 15) is 14.9 Å². The Kier molecular flexibility index (Phi) is 5.99. The van der Waals surface area contributed by atoms with Gasteiger partial charge in [-0.15, -0.1) is 0 Å². The van der Waals surface area contributed by atoms with Crippen molar-refractivity contribution < 1.29 is 9.53 Å². The van der Waals surface area contributed by atoms with Crippen molar-refractivity contribution >= 4 is 23.4 Å². The second-order valence-electron chi connectivity index (χ2n) is 7.23. The van der Waals surface area contributed by atoms with E-state index in [1.54, 1.807) is 19.2 Å². The van der Waals surface area contributed by atoms with Crippen LogP contribution in [0.3, 0.4) is 0 Å². The highest BCUT2D eigenvalue weighted by atomic mass is 16.5. The van der Waals surface area contributed by atoms with Crippen molar-refractivity contribution in [3.8, 4) is 6.07 Å². The van der Waals surface area contributed by atoms with Crippen LogP contribution in [0.4, 0.5) is 5.82 Å². The summed E-state index contributed by atoms with van der Waals surface area (Å²) in [7, 11) is 0.